The summed E-state index contributed by atoms with van der Waals surface area (Å²) >= 11 is 3.49. The summed E-state index contributed by atoms with van der Waals surface area (Å²) in [6.45, 7) is 1.33. The average molecular weight is 367 g/mol. The Bertz CT molecular complexity index is 627. The van der Waals surface area contributed by atoms with E-state index < -0.39 is 6.29 Å². The number of rotatable bonds is 4. The van der Waals surface area contributed by atoms with Crippen LogP contribution in [0.4, 0.5) is 4.39 Å². The van der Waals surface area contributed by atoms with Crippen LogP contribution in [0.1, 0.15) is 17.4 Å². The molecule has 2 aromatic carbocycles. The molecule has 0 radical (unpaired) electrons. The van der Waals surface area contributed by atoms with Crippen LogP contribution in [0.5, 0.6) is 0 Å². The molecule has 1 aliphatic rings. The van der Waals surface area contributed by atoms with Crippen molar-refractivity contribution in [3.63, 3.8) is 0 Å². The molecule has 0 N–H and O–H groups in total. The molecule has 3 nitrogen and oxygen atoms in total. The first-order valence-electron chi connectivity index (χ1n) is 7.06. The van der Waals surface area contributed by atoms with Crippen LogP contribution in [0.25, 0.3) is 0 Å². The van der Waals surface area contributed by atoms with E-state index in [1.165, 1.54) is 12.1 Å². The van der Waals surface area contributed by atoms with Gasteiger partial charge in [-0.05, 0) is 23.8 Å². The predicted molar refractivity (Wildman–Crippen MR) is 83.8 cm³/mol. The zero-order valence-electron chi connectivity index (χ0n) is 11.9. The third-order valence-electron chi connectivity index (χ3n) is 3.42. The summed E-state index contributed by atoms with van der Waals surface area (Å²) in [5.74, 6) is -0.294. The topological polar surface area (TPSA) is 27.7 Å². The molecule has 1 saturated heterocycles. The Morgan fingerprint density at radius 1 is 1.09 bits per heavy atom. The van der Waals surface area contributed by atoms with Crippen LogP contribution in [0.2, 0.25) is 0 Å². The van der Waals surface area contributed by atoms with Crippen LogP contribution in [0.15, 0.2) is 53.0 Å². The lowest BCUT2D eigenvalue weighted by atomic mass is 10.2. The van der Waals surface area contributed by atoms with Crippen LogP contribution in [-0.4, -0.2) is 19.3 Å². The summed E-state index contributed by atoms with van der Waals surface area (Å²) in [5.41, 5.74) is 1.76. The molecule has 1 aliphatic heterocycles. The Hall–Kier alpha value is -1.27. The van der Waals surface area contributed by atoms with E-state index >= 15 is 0 Å². The maximum Gasteiger partial charge on any atom is 0.184 e. The smallest absolute Gasteiger partial charge is 0.184 e. The van der Waals surface area contributed by atoms with Crippen LogP contribution in [-0.2, 0) is 20.8 Å². The number of benzene rings is 2. The van der Waals surface area contributed by atoms with E-state index in [1.54, 1.807) is 12.1 Å². The molecular formula is C17H16BrFO3. The molecule has 22 heavy (non-hydrogen) atoms. The molecule has 0 spiro atoms. The monoisotopic (exact) mass is 366 g/mol. The zero-order chi connectivity index (χ0) is 15.4. The molecule has 3 rings (SSSR count). The third-order valence-corrected chi connectivity index (χ3v) is 4.19. The van der Waals surface area contributed by atoms with Gasteiger partial charge in [-0.2, -0.15) is 0 Å². The van der Waals surface area contributed by atoms with Gasteiger partial charge in [-0.1, -0.05) is 46.3 Å². The van der Waals surface area contributed by atoms with E-state index in [1.807, 2.05) is 24.3 Å². The fourth-order valence-electron chi connectivity index (χ4n) is 2.25. The van der Waals surface area contributed by atoms with E-state index in [4.69, 9.17) is 14.2 Å². The van der Waals surface area contributed by atoms with Gasteiger partial charge in [0.1, 0.15) is 11.9 Å². The molecule has 0 atom stereocenters. The molecule has 0 aliphatic carbocycles. The van der Waals surface area contributed by atoms with E-state index in [9.17, 15) is 4.39 Å². The van der Waals surface area contributed by atoms with Crippen LogP contribution in [0.3, 0.4) is 0 Å². The zero-order valence-corrected chi connectivity index (χ0v) is 13.5. The second kappa shape index (κ2) is 7.33. The predicted octanol–water partition coefficient (Wildman–Crippen LogP) is 4.22. The number of halogens is 2. The van der Waals surface area contributed by atoms with Crippen molar-refractivity contribution in [2.45, 2.75) is 19.0 Å². The summed E-state index contributed by atoms with van der Waals surface area (Å²) in [5, 5.41) is 0. The molecule has 1 heterocycles. The van der Waals surface area contributed by atoms with Crippen molar-refractivity contribution in [2.75, 3.05) is 13.2 Å². The van der Waals surface area contributed by atoms with Gasteiger partial charge in [-0.3, -0.25) is 0 Å². The lowest BCUT2D eigenvalue weighted by Gasteiger charge is -2.29. The standard InChI is InChI=1S/C17H16BrFO3/c18-16-7-2-1-4-13(16)9-20-15-10-21-17(22-11-15)12-5-3-6-14(19)8-12/h1-8,15,17H,9-11H2. The second-order valence-electron chi connectivity index (χ2n) is 5.08. The van der Waals surface area contributed by atoms with Gasteiger partial charge in [-0.25, -0.2) is 4.39 Å². The van der Waals surface area contributed by atoms with Gasteiger partial charge in [0.25, 0.3) is 0 Å². The summed E-state index contributed by atoms with van der Waals surface area (Å²) in [6.07, 6.45) is -0.657. The molecule has 0 aromatic heterocycles. The summed E-state index contributed by atoms with van der Waals surface area (Å²) in [6, 6.07) is 14.2. The molecule has 5 heteroatoms. The minimum atomic E-state index is -0.529. The lowest BCUT2D eigenvalue weighted by Crippen LogP contribution is -2.33. The SMILES string of the molecule is Fc1cccc(C2OCC(OCc3ccccc3Br)CO2)c1. The Labute approximate surface area is 137 Å². The quantitative estimate of drug-likeness (QED) is 0.810. The highest BCUT2D eigenvalue weighted by Crippen LogP contribution is 2.25. The fraction of sp³-hybridized carbons (Fsp3) is 0.294. The molecular weight excluding hydrogens is 351 g/mol. The van der Waals surface area contributed by atoms with E-state index in [-0.39, 0.29) is 11.9 Å². The van der Waals surface area contributed by atoms with Crippen LogP contribution < -0.4 is 0 Å². The molecule has 1 fully saturated rings. The molecule has 0 amide bonds. The van der Waals surface area contributed by atoms with Gasteiger partial charge < -0.3 is 14.2 Å². The summed E-state index contributed by atoms with van der Waals surface area (Å²) in [7, 11) is 0. The maximum absolute atomic E-state index is 13.2. The minimum absolute atomic E-state index is 0.128. The van der Waals surface area contributed by atoms with Crippen LogP contribution in [0, 0.1) is 5.82 Å². The lowest BCUT2D eigenvalue weighted by molar-refractivity contribution is -0.232. The Kier molecular flexibility index (Phi) is 5.20. The Balaban J connectivity index is 1.51. The normalized spacial score (nSPS) is 21.7. The van der Waals surface area contributed by atoms with Gasteiger partial charge >= 0.3 is 0 Å². The van der Waals surface area contributed by atoms with Gasteiger partial charge in [0.05, 0.1) is 19.8 Å². The van der Waals surface area contributed by atoms with Crippen molar-refractivity contribution in [1.82, 2.24) is 0 Å². The van der Waals surface area contributed by atoms with Crippen molar-refractivity contribution in [1.29, 1.82) is 0 Å². The first-order chi connectivity index (χ1) is 10.7. The fourth-order valence-corrected chi connectivity index (χ4v) is 2.65. The maximum atomic E-state index is 13.2. The molecule has 0 unspecified atom stereocenters. The molecule has 0 bridgehead atoms. The summed E-state index contributed by atoms with van der Waals surface area (Å²) in [4.78, 5) is 0. The van der Waals surface area contributed by atoms with Gasteiger partial charge in [0, 0.05) is 10.0 Å². The van der Waals surface area contributed by atoms with Crippen LogP contribution >= 0.6 is 15.9 Å². The van der Waals surface area contributed by atoms with Gasteiger partial charge in [0.2, 0.25) is 0 Å². The average Bonchev–Trinajstić information content (AvgIpc) is 2.55. The van der Waals surface area contributed by atoms with Crippen molar-refractivity contribution in [3.05, 3.63) is 69.9 Å². The molecule has 0 saturated carbocycles. The number of ether oxygens (including phenoxy) is 3. The Morgan fingerprint density at radius 3 is 2.59 bits per heavy atom. The second-order valence-corrected chi connectivity index (χ2v) is 5.93. The highest BCUT2D eigenvalue weighted by Gasteiger charge is 2.24. The van der Waals surface area contributed by atoms with E-state index in [0.717, 1.165) is 10.0 Å². The van der Waals surface area contributed by atoms with Gasteiger partial charge in [-0.15, -0.1) is 0 Å². The van der Waals surface area contributed by atoms with Crippen molar-refractivity contribution in [2.24, 2.45) is 0 Å². The van der Waals surface area contributed by atoms with Crippen molar-refractivity contribution in [3.8, 4) is 0 Å². The van der Waals surface area contributed by atoms with Crippen molar-refractivity contribution < 1.29 is 18.6 Å². The third kappa shape index (κ3) is 3.93. The van der Waals surface area contributed by atoms with Gasteiger partial charge in [0.15, 0.2) is 6.29 Å². The van der Waals surface area contributed by atoms with E-state index in [0.29, 0.717) is 25.4 Å². The molecule has 2 aromatic rings. The molecule has 116 valence electrons. The van der Waals surface area contributed by atoms with E-state index in [2.05, 4.69) is 15.9 Å². The number of hydrogen-bond donors (Lipinski definition) is 0. The van der Waals surface area contributed by atoms with Crippen molar-refractivity contribution >= 4 is 15.9 Å². The first-order valence-corrected chi connectivity index (χ1v) is 7.85. The largest absolute Gasteiger partial charge is 0.369 e. The number of hydrogen-bond acceptors (Lipinski definition) is 3. The minimum Gasteiger partial charge on any atom is -0.369 e. The first kappa shape index (κ1) is 15.6. The Morgan fingerprint density at radius 2 is 1.86 bits per heavy atom. The highest BCUT2D eigenvalue weighted by atomic mass is 79.9. The summed E-state index contributed by atoms with van der Waals surface area (Å²) < 4.78 is 31.3. The highest BCUT2D eigenvalue weighted by molar-refractivity contribution is 9.10.